The molecule has 0 unspecified atom stereocenters. The van der Waals surface area contributed by atoms with Crippen LogP contribution in [0.2, 0.25) is 0 Å². The average molecular weight is 424 g/mol. The molecule has 0 spiro atoms. The zero-order valence-electron chi connectivity index (χ0n) is 18.0. The molecule has 3 aromatic rings. The maximum absolute atomic E-state index is 12.7. The van der Waals surface area contributed by atoms with Gasteiger partial charge in [0, 0.05) is 17.2 Å². The Hall–Kier alpha value is -3.94. The first-order valence-corrected chi connectivity index (χ1v) is 9.34. The quantitative estimate of drug-likeness (QED) is 0.410. The van der Waals surface area contributed by atoms with Gasteiger partial charge in [-0.05, 0) is 42.5 Å². The molecule has 0 radical (unpaired) electrons. The molecule has 1 aromatic heterocycles. The number of rotatable bonds is 9. The summed E-state index contributed by atoms with van der Waals surface area (Å²) in [7, 11) is 7.69. The topological polar surface area (TPSA) is 91.9 Å². The molecule has 0 aliphatic carbocycles. The summed E-state index contributed by atoms with van der Waals surface area (Å²) >= 11 is 0. The van der Waals surface area contributed by atoms with Crippen molar-refractivity contribution in [2.45, 2.75) is 0 Å². The van der Waals surface area contributed by atoms with E-state index >= 15 is 0 Å². The molecule has 1 N–H and O–H groups in total. The SMILES string of the molecule is COc1cc(OC)cc(-c2cc(/C=C/C(=O)c3cc(OC)c(OC)c(OC)c3)[nH]n2)c1. The Kier molecular flexibility index (Phi) is 6.81. The average Bonchev–Trinajstić information content (AvgIpc) is 3.30. The summed E-state index contributed by atoms with van der Waals surface area (Å²) in [6.07, 6.45) is 3.10. The normalized spacial score (nSPS) is 10.7. The van der Waals surface area contributed by atoms with E-state index in [0.717, 1.165) is 5.56 Å². The van der Waals surface area contributed by atoms with Gasteiger partial charge in [-0.3, -0.25) is 9.89 Å². The Morgan fingerprint density at radius 2 is 1.42 bits per heavy atom. The van der Waals surface area contributed by atoms with Gasteiger partial charge in [-0.15, -0.1) is 0 Å². The van der Waals surface area contributed by atoms with Crippen LogP contribution in [0.1, 0.15) is 16.1 Å². The van der Waals surface area contributed by atoms with E-state index in [2.05, 4.69) is 10.2 Å². The van der Waals surface area contributed by atoms with E-state index in [1.54, 1.807) is 38.5 Å². The molecule has 0 aliphatic rings. The maximum atomic E-state index is 12.7. The van der Waals surface area contributed by atoms with Crippen LogP contribution in [0.15, 0.2) is 42.5 Å². The maximum Gasteiger partial charge on any atom is 0.203 e. The van der Waals surface area contributed by atoms with Crippen molar-refractivity contribution >= 4 is 11.9 Å². The second-order valence-electron chi connectivity index (χ2n) is 6.42. The molecule has 0 amide bonds. The molecule has 0 saturated carbocycles. The number of methoxy groups -OCH3 is 5. The summed E-state index contributed by atoms with van der Waals surface area (Å²) in [5.41, 5.74) is 2.58. The molecule has 3 rings (SSSR count). The van der Waals surface area contributed by atoms with Crippen molar-refractivity contribution in [2.75, 3.05) is 35.5 Å². The van der Waals surface area contributed by atoms with Crippen LogP contribution in [0, 0.1) is 0 Å². The summed E-state index contributed by atoms with van der Waals surface area (Å²) in [6, 6.07) is 10.5. The summed E-state index contributed by atoms with van der Waals surface area (Å²) < 4.78 is 26.5. The fourth-order valence-corrected chi connectivity index (χ4v) is 3.01. The third-order valence-electron chi connectivity index (χ3n) is 4.61. The third-order valence-corrected chi connectivity index (χ3v) is 4.61. The van der Waals surface area contributed by atoms with Gasteiger partial charge in [-0.1, -0.05) is 0 Å². The van der Waals surface area contributed by atoms with Crippen LogP contribution >= 0.6 is 0 Å². The van der Waals surface area contributed by atoms with E-state index in [1.807, 2.05) is 18.2 Å². The highest BCUT2D eigenvalue weighted by molar-refractivity contribution is 6.07. The number of hydrogen-bond acceptors (Lipinski definition) is 7. The smallest absolute Gasteiger partial charge is 0.203 e. The van der Waals surface area contributed by atoms with Crippen LogP contribution in [0.3, 0.4) is 0 Å². The molecule has 2 aromatic carbocycles. The second-order valence-corrected chi connectivity index (χ2v) is 6.42. The number of aromatic nitrogens is 2. The number of ether oxygens (including phenoxy) is 5. The minimum Gasteiger partial charge on any atom is -0.497 e. The monoisotopic (exact) mass is 424 g/mol. The van der Waals surface area contributed by atoms with Gasteiger partial charge in [0.1, 0.15) is 11.5 Å². The van der Waals surface area contributed by atoms with Crippen LogP contribution in [0.25, 0.3) is 17.3 Å². The number of benzene rings is 2. The Labute approximate surface area is 180 Å². The number of H-pyrrole nitrogens is 1. The van der Waals surface area contributed by atoms with Crippen molar-refractivity contribution < 1.29 is 28.5 Å². The molecule has 0 saturated heterocycles. The highest BCUT2D eigenvalue weighted by Crippen LogP contribution is 2.38. The molecule has 31 heavy (non-hydrogen) atoms. The van der Waals surface area contributed by atoms with Gasteiger partial charge in [-0.25, -0.2) is 0 Å². The van der Waals surface area contributed by atoms with E-state index in [1.165, 1.54) is 27.4 Å². The first kappa shape index (κ1) is 21.8. The summed E-state index contributed by atoms with van der Waals surface area (Å²) in [5, 5.41) is 7.22. The fourth-order valence-electron chi connectivity index (χ4n) is 3.01. The van der Waals surface area contributed by atoms with E-state index in [4.69, 9.17) is 23.7 Å². The number of aromatic amines is 1. The van der Waals surface area contributed by atoms with Crippen molar-refractivity contribution in [3.05, 3.63) is 53.7 Å². The summed E-state index contributed by atoms with van der Waals surface area (Å²) in [5.74, 6) is 2.35. The number of ketones is 1. The Bertz CT molecular complexity index is 1060. The van der Waals surface area contributed by atoms with Crippen LogP contribution in [-0.2, 0) is 0 Å². The van der Waals surface area contributed by atoms with E-state index in [9.17, 15) is 4.79 Å². The number of nitrogens with zero attached hydrogens (tertiary/aromatic N) is 1. The number of carbonyl (C=O) groups excluding carboxylic acids is 1. The minimum atomic E-state index is -0.224. The van der Waals surface area contributed by atoms with E-state index in [0.29, 0.717) is 45.7 Å². The number of nitrogens with one attached hydrogen (secondary N) is 1. The lowest BCUT2D eigenvalue weighted by Gasteiger charge is -2.13. The zero-order valence-corrected chi connectivity index (χ0v) is 18.0. The van der Waals surface area contributed by atoms with Gasteiger partial charge in [0.25, 0.3) is 0 Å². The molecule has 1 heterocycles. The van der Waals surface area contributed by atoms with Crippen molar-refractivity contribution in [1.82, 2.24) is 10.2 Å². The molecule has 8 nitrogen and oxygen atoms in total. The van der Waals surface area contributed by atoms with Crippen LogP contribution in [-0.4, -0.2) is 51.5 Å². The lowest BCUT2D eigenvalue weighted by molar-refractivity contribution is 0.104. The lowest BCUT2D eigenvalue weighted by atomic mass is 10.1. The van der Waals surface area contributed by atoms with Gasteiger partial charge < -0.3 is 23.7 Å². The van der Waals surface area contributed by atoms with Gasteiger partial charge in [-0.2, -0.15) is 5.10 Å². The standard InChI is InChI=1S/C23H24N2O6/c1-27-17-8-14(9-18(13-17)28-2)19-12-16(24-25-19)6-7-20(26)15-10-21(29-3)23(31-5)22(11-15)30-4/h6-13H,1-5H3,(H,24,25)/b7-6+. The highest BCUT2D eigenvalue weighted by Gasteiger charge is 2.16. The molecule has 8 heteroatoms. The predicted octanol–water partition coefficient (Wildman–Crippen LogP) is 4.02. The van der Waals surface area contributed by atoms with Crippen LogP contribution in [0.4, 0.5) is 0 Å². The first-order valence-electron chi connectivity index (χ1n) is 9.34. The highest BCUT2D eigenvalue weighted by atomic mass is 16.5. The van der Waals surface area contributed by atoms with E-state index in [-0.39, 0.29) is 5.78 Å². The Balaban J connectivity index is 1.84. The number of hydrogen-bond donors (Lipinski definition) is 1. The van der Waals surface area contributed by atoms with Crippen molar-refractivity contribution in [3.8, 4) is 40.0 Å². The van der Waals surface area contributed by atoms with Crippen molar-refractivity contribution in [1.29, 1.82) is 0 Å². The molecular formula is C23H24N2O6. The molecule has 0 fully saturated rings. The summed E-state index contributed by atoms with van der Waals surface area (Å²) in [4.78, 5) is 12.7. The first-order chi connectivity index (χ1) is 15.0. The number of carbonyl (C=O) groups is 1. The van der Waals surface area contributed by atoms with Gasteiger partial charge >= 0.3 is 0 Å². The Morgan fingerprint density at radius 1 is 0.806 bits per heavy atom. The number of allylic oxidation sites excluding steroid dienone is 1. The van der Waals surface area contributed by atoms with Crippen molar-refractivity contribution in [2.24, 2.45) is 0 Å². The predicted molar refractivity (Wildman–Crippen MR) is 117 cm³/mol. The third kappa shape index (κ3) is 4.80. The summed E-state index contributed by atoms with van der Waals surface area (Å²) in [6.45, 7) is 0. The van der Waals surface area contributed by atoms with Crippen LogP contribution in [0.5, 0.6) is 28.7 Å². The van der Waals surface area contributed by atoms with Crippen LogP contribution < -0.4 is 23.7 Å². The molecule has 162 valence electrons. The van der Waals surface area contributed by atoms with Gasteiger partial charge in [0.15, 0.2) is 17.3 Å². The minimum absolute atomic E-state index is 0.224. The molecule has 0 aliphatic heterocycles. The lowest BCUT2D eigenvalue weighted by Crippen LogP contribution is -2.00. The fraction of sp³-hybridized carbons (Fsp3) is 0.217. The molecule has 0 bridgehead atoms. The Morgan fingerprint density at radius 3 is 1.94 bits per heavy atom. The van der Waals surface area contributed by atoms with Crippen molar-refractivity contribution in [3.63, 3.8) is 0 Å². The second kappa shape index (κ2) is 9.71. The van der Waals surface area contributed by atoms with E-state index < -0.39 is 0 Å². The van der Waals surface area contributed by atoms with Gasteiger partial charge in [0.05, 0.1) is 46.9 Å². The zero-order chi connectivity index (χ0) is 22.4. The largest absolute Gasteiger partial charge is 0.497 e. The molecule has 0 atom stereocenters. The van der Waals surface area contributed by atoms with Gasteiger partial charge in [0.2, 0.25) is 5.75 Å². The molecular weight excluding hydrogens is 400 g/mol.